The molecule has 0 aromatic rings. The van der Waals surface area contributed by atoms with Crippen LogP contribution in [-0.2, 0) is 19.1 Å². The predicted molar refractivity (Wildman–Crippen MR) is 157 cm³/mol. The molecule has 2 unspecified atom stereocenters. The van der Waals surface area contributed by atoms with Gasteiger partial charge in [-0.05, 0) is 12.8 Å². The second-order valence-corrected chi connectivity index (χ2v) is 13.7. The third-order valence-electron chi connectivity index (χ3n) is 5.71. The van der Waals surface area contributed by atoms with Gasteiger partial charge in [0.1, 0.15) is 0 Å². The van der Waals surface area contributed by atoms with Crippen LogP contribution in [0.4, 0.5) is 0 Å². The highest BCUT2D eigenvalue weighted by atomic mass is 127. The van der Waals surface area contributed by atoms with Crippen LogP contribution in [0.25, 0.3) is 0 Å². The Morgan fingerprint density at radius 2 is 0.697 bits per heavy atom. The monoisotopic (exact) mass is 692 g/mol. The van der Waals surface area contributed by atoms with Gasteiger partial charge in [0.25, 0.3) is 0 Å². The predicted octanol–water partition coefficient (Wildman–Crippen LogP) is 9.13. The van der Waals surface area contributed by atoms with E-state index in [2.05, 4.69) is 45.2 Å². The van der Waals surface area contributed by atoms with Crippen LogP contribution in [0.3, 0.4) is 0 Å². The topological polar surface area (TPSA) is 52.6 Å². The van der Waals surface area contributed by atoms with E-state index in [4.69, 9.17) is 9.47 Å². The van der Waals surface area contributed by atoms with Crippen LogP contribution in [-0.4, -0.2) is 33.0 Å². The summed E-state index contributed by atoms with van der Waals surface area (Å²) >= 11 is 4.52. The first kappa shape index (κ1) is 33.4. The SMILES string of the molecule is CC(I)CC(=O)OCCCCCCCCCCCCCCCCCCCOC(=O)CC(C)I. The average Bonchev–Trinajstić information content (AvgIpc) is 2.73. The Kier molecular flexibility index (Phi) is 25.8. The molecule has 0 aromatic carbocycles. The van der Waals surface area contributed by atoms with Gasteiger partial charge in [0.15, 0.2) is 0 Å². The van der Waals surface area contributed by atoms with Gasteiger partial charge in [-0.3, -0.25) is 9.59 Å². The summed E-state index contributed by atoms with van der Waals surface area (Å²) in [6.07, 6.45) is 23.0. The molecule has 0 radical (unpaired) electrons. The van der Waals surface area contributed by atoms with Gasteiger partial charge < -0.3 is 9.47 Å². The molecule has 0 aliphatic heterocycles. The average molecular weight is 693 g/mol. The van der Waals surface area contributed by atoms with Crippen molar-refractivity contribution in [2.24, 2.45) is 0 Å². The van der Waals surface area contributed by atoms with Gasteiger partial charge in [0.05, 0.1) is 26.1 Å². The molecule has 0 N–H and O–H groups in total. The Morgan fingerprint density at radius 1 is 0.485 bits per heavy atom. The van der Waals surface area contributed by atoms with Gasteiger partial charge in [0.2, 0.25) is 0 Å². The summed E-state index contributed by atoms with van der Waals surface area (Å²) in [5.74, 6) is -0.102. The number of carbonyl (C=O) groups excluding carboxylic acids is 2. The summed E-state index contributed by atoms with van der Waals surface area (Å²) in [6.45, 7) is 5.26. The Bertz CT molecular complexity index is 415. The minimum absolute atomic E-state index is 0.0508. The second-order valence-electron chi connectivity index (χ2n) is 9.42. The summed E-state index contributed by atoms with van der Waals surface area (Å²) in [7, 11) is 0. The minimum Gasteiger partial charge on any atom is -0.466 e. The molecule has 0 amide bonds. The lowest BCUT2D eigenvalue weighted by Crippen LogP contribution is -2.09. The van der Waals surface area contributed by atoms with E-state index in [9.17, 15) is 9.59 Å². The molecule has 0 spiro atoms. The van der Waals surface area contributed by atoms with Crippen LogP contribution in [0, 0.1) is 0 Å². The van der Waals surface area contributed by atoms with E-state index < -0.39 is 0 Å². The van der Waals surface area contributed by atoms with Crippen molar-refractivity contribution in [3.8, 4) is 0 Å². The number of halogens is 2. The van der Waals surface area contributed by atoms with E-state index in [-0.39, 0.29) is 11.9 Å². The van der Waals surface area contributed by atoms with Crippen molar-refractivity contribution in [1.29, 1.82) is 0 Å². The molecular formula is C27H50I2O4. The molecular weight excluding hydrogens is 642 g/mol. The van der Waals surface area contributed by atoms with Crippen molar-refractivity contribution >= 4 is 57.1 Å². The first-order valence-electron chi connectivity index (χ1n) is 13.5. The summed E-state index contributed by atoms with van der Waals surface area (Å²) in [5, 5.41) is 0. The number of hydrogen-bond acceptors (Lipinski definition) is 4. The summed E-state index contributed by atoms with van der Waals surface area (Å²) in [5.41, 5.74) is 0. The van der Waals surface area contributed by atoms with Crippen LogP contribution in [0.2, 0.25) is 0 Å². The maximum atomic E-state index is 11.4. The van der Waals surface area contributed by atoms with E-state index in [1.54, 1.807) is 0 Å². The molecule has 196 valence electrons. The molecule has 0 saturated carbocycles. The molecule has 4 nitrogen and oxygen atoms in total. The molecule has 0 saturated heterocycles. The molecule has 0 bridgehead atoms. The molecule has 0 rings (SSSR count). The zero-order valence-electron chi connectivity index (χ0n) is 21.4. The lowest BCUT2D eigenvalue weighted by Gasteiger charge is -2.06. The van der Waals surface area contributed by atoms with E-state index in [0.717, 1.165) is 12.8 Å². The van der Waals surface area contributed by atoms with E-state index in [0.29, 0.717) is 33.9 Å². The van der Waals surface area contributed by atoms with Crippen LogP contribution < -0.4 is 0 Å². The molecule has 0 aliphatic carbocycles. The molecule has 2 atom stereocenters. The van der Waals surface area contributed by atoms with E-state index in [1.165, 1.54) is 96.3 Å². The van der Waals surface area contributed by atoms with Gasteiger partial charge in [-0.1, -0.05) is 155 Å². The van der Waals surface area contributed by atoms with Crippen LogP contribution in [0.15, 0.2) is 0 Å². The van der Waals surface area contributed by atoms with Crippen molar-refractivity contribution < 1.29 is 19.1 Å². The van der Waals surface area contributed by atoms with Gasteiger partial charge in [0, 0.05) is 7.85 Å². The fourth-order valence-electron chi connectivity index (χ4n) is 3.80. The largest absolute Gasteiger partial charge is 0.466 e. The maximum absolute atomic E-state index is 11.4. The van der Waals surface area contributed by atoms with Crippen molar-refractivity contribution in [3.63, 3.8) is 0 Å². The number of unbranched alkanes of at least 4 members (excludes halogenated alkanes) is 16. The van der Waals surface area contributed by atoms with Gasteiger partial charge in [-0.25, -0.2) is 0 Å². The lowest BCUT2D eigenvalue weighted by atomic mass is 10.0. The van der Waals surface area contributed by atoms with Crippen molar-refractivity contribution in [1.82, 2.24) is 0 Å². The summed E-state index contributed by atoms with van der Waals surface area (Å²) < 4.78 is 11.2. The smallest absolute Gasteiger partial charge is 0.306 e. The van der Waals surface area contributed by atoms with E-state index >= 15 is 0 Å². The third-order valence-corrected chi connectivity index (χ3v) is 6.59. The van der Waals surface area contributed by atoms with Crippen molar-refractivity contribution in [2.75, 3.05) is 13.2 Å². The highest BCUT2D eigenvalue weighted by molar-refractivity contribution is 14.1. The highest BCUT2D eigenvalue weighted by Crippen LogP contribution is 2.14. The zero-order chi connectivity index (χ0) is 24.6. The molecule has 33 heavy (non-hydrogen) atoms. The van der Waals surface area contributed by atoms with Gasteiger partial charge in [-0.2, -0.15) is 0 Å². The zero-order valence-corrected chi connectivity index (χ0v) is 25.7. The fourth-order valence-corrected chi connectivity index (χ4v) is 4.52. The van der Waals surface area contributed by atoms with Gasteiger partial charge >= 0.3 is 11.9 Å². The first-order chi connectivity index (χ1) is 15.9. The molecule has 0 fully saturated rings. The summed E-state index contributed by atoms with van der Waals surface area (Å²) in [4.78, 5) is 22.9. The number of ether oxygens (including phenoxy) is 2. The van der Waals surface area contributed by atoms with E-state index in [1.807, 2.05) is 13.8 Å². The molecule has 0 heterocycles. The molecule has 6 heteroatoms. The van der Waals surface area contributed by atoms with Crippen LogP contribution >= 0.6 is 45.2 Å². The highest BCUT2D eigenvalue weighted by Gasteiger charge is 2.07. The first-order valence-corrected chi connectivity index (χ1v) is 16.0. The van der Waals surface area contributed by atoms with Gasteiger partial charge in [-0.15, -0.1) is 0 Å². The van der Waals surface area contributed by atoms with Crippen LogP contribution in [0.1, 0.15) is 136 Å². The number of esters is 2. The molecule has 0 aliphatic rings. The Morgan fingerprint density at radius 3 is 0.909 bits per heavy atom. The second kappa shape index (κ2) is 25.5. The third kappa shape index (κ3) is 28.5. The Balaban J connectivity index is 3.13. The number of carbonyl (C=O) groups is 2. The quantitative estimate of drug-likeness (QED) is 0.0439. The number of hydrogen-bond donors (Lipinski definition) is 0. The minimum atomic E-state index is -0.0508. The molecule has 0 aromatic heterocycles. The number of alkyl halides is 2. The Hall–Kier alpha value is 0.400. The lowest BCUT2D eigenvalue weighted by molar-refractivity contribution is -0.144. The van der Waals surface area contributed by atoms with Crippen molar-refractivity contribution in [2.45, 2.75) is 144 Å². The maximum Gasteiger partial charge on any atom is 0.306 e. The standard InChI is InChI=1S/C27H50I2O4/c1-24(28)22-26(30)32-20-18-16-14-12-10-8-6-4-3-5-7-9-11-13-15-17-19-21-33-27(31)23-25(2)29/h24-25H,3-23H2,1-2H3. The summed E-state index contributed by atoms with van der Waals surface area (Å²) in [6, 6.07) is 0. The Labute approximate surface area is 231 Å². The number of rotatable bonds is 24. The normalized spacial score (nSPS) is 13.0. The van der Waals surface area contributed by atoms with Crippen molar-refractivity contribution in [3.05, 3.63) is 0 Å². The van der Waals surface area contributed by atoms with Crippen LogP contribution in [0.5, 0.6) is 0 Å². The fraction of sp³-hybridized carbons (Fsp3) is 0.926.